The highest BCUT2D eigenvalue weighted by Crippen LogP contribution is 2.13. The van der Waals surface area contributed by atoms with Crippen LogP contribution in [-0.2, 0) is 11.3 Å². The Morgan fingerprint density at radius 3 is 2.48 bits per heavy atom. The highest BCUT2D eigenvalue weighted by Gasteiger charge is 2.12. The Hall–Kier alpha value is -2.20. The van der Waals surface area contributed by atoms with Crippen LogP contribution in [0.2, 0.25) is 0 Å². The molecule has 0 spiro atoms. The van der Waals surface area contributed by atoms with Gasteiger partial charge in [-0.1, -0.05) is 36.4 Å². The number of benzene rings is 2. The Balaban J connectivity index is 1.86. The van der Waals surface area contributed by atoms with Gasteiger partial charge >= 0.3 is 0 Å². The zero-order chi connectivity index (χ0) is 16.8. The molecule has 2 aromatic rings. The van der Waals surface area contributed by atoms with E-state index in [1.165, 1.54) is 23.3 Å². The van der Waals surface area contributed by atoms with Crippen LogP contribution in [0.3, 0.4) is 0 Å². The molecule has 1 amide bonds. The molecule has 0 aliphatic rings. The lowest BCUT2D eigenvalue weighted by Crippen LogP contribution is -2.36. The Bertz CT molecular complexity index is 655. The van der Waals surface area contributed by atoms with E-state index in [1.807, 2.05) is 31.0 Å². The molecule has 4 heteroatoms. The summed E-state index contributed by atoms with van der Waals surface area (Å²) in [6, 6.07) is 14.2. The van der Waals surface area contributed by atoms with E-state index in [0.29, 0.717) is 6.54 Å². The number of nitrogens with zero attached hydrogens (tertiary/aromatic N) is 1. The number of carbonyl (C=O) groups excluding carboxylic acids is 1. The van der Waals surface area contributed by atoms with Gasteiger partial charge in [0.1, 0.15) is 5.82 Å². The maximum atomic E-state index is 12.9. The molecule has 0 aliphatic heterocycles. The van der Waals surface area contributed by atoms with Gasteiger partial charge in [-0.2, -0.15) is 0 Å². The molecule has 0 saturated heterocycles. The minimum atomic E-state index is -0.273. The van der Waals surface area contributed by atoms with E-state index >= 15 is 0 Å². The van der Waals surface area contributed by atoms with Gasteiger partial charge in [0, 0.05) is 6.54 Å². The second kappa shape index (κ2) is 7.88. The van der Waals surface area contributed by atoms with Crippen LogP contribution in [0.4, 0.5) is 4.39 Å². The van der Waals surface area contributed by atoms with Crippen molar-refractivity contribution in [2.24, 2.45) is 0 Å². The van der Waals surface area contributed by atoms with Gasteiger partial charge < -0.3 is 5.32 Å². The van der Waals surface area contributed by atoms with E-state index in [0.717, 1.165) is 12.1 Å². The lowest BCUT2D eigenvalue weighted by atomic mass is 10.1. The lowest BCUT2D eigenvalue weighted by Gasteiger charge is -2.20. The molecule has 0 aliphatic carbocycles. The van der Waals surface area contributed by atoms with Crippen LogP contribution < -0.4 is 5.32 Å². The largest absolute Gasteiger partial charge is 0.348 e. The molecule has 0 bridgehead atoms. The van der Waals surface area contributed by atoms with Gasteiger partial charge in [0.15, 0.2) is 0 Å². The summed E-state index contributed by atoms with van der Waals surface area (Å²) >= 11 is 0. The van der Waals surface area contributed by atoms with E-state index < -0.39 is 0 Å². The van der Waals surface area contributed by atoms with Crippen molar-refractivity contribution in [2.45, 2.75) is 26.4 Å². The Morgan fingerprint density at radius 1 is 1.17 bits per heavy atom. The molecule has 0 saturated carbocycles. The third-order valence-corrected chi connectivity index (χ3v) is 3.86. The summed E-state index contributed by atoms with van der Waals surface area (Å²) in [7, 11) is 1.93. The molecule has 0 heterocycles. The van der Waals surface area contributed by atoms with Crippen LogP contribution in [0.1, 0.15) is 29.7 Å². The number of halogens is 1. The minimum absolute atomic E-state index is 0.0436. The zero-order valence-corrected chi connectivity index (χ0v) is 13.8. The first kappa shape index (κ1) is 17.2. The van der Waals surface area contributed by atoms with Crippen LogP contribution in [0.15, 0.2) is 48.5 Å². The molecule has 0 radical (unpaired) electrons. The molecule has 122 valence electrons. The third-order valence-electron chi connectivity index (χ3n) is 3.86. The van der Waals surface area contributed by atoms with Gasteiger partial charge in [-0.3, -0.25) is 9.69 Å². The number of likely N-dealkylation sites (N-methyl/N-ethyl adjacent to an activating group) is 1. The fraction of sp³-hybridized carbons (Fsp3) is 0.316. The molecular formula is C19H23FN2O. The van der Waals surface area contributed by atoms with E-state index in [9.17, 15) is 9.18 Å². The number of hydrogen-bond donors (Lipinski definition) is 1. The van der Waals surface area contributed by atoms with Gasteiger partial charge in [0.2, 0.25) is 5.91 Å². The molecule has 1 atom stereocenters. The lowest BCUT2D eigenvalue weighted by molar-refractivity contribution is -0.122. The molecule has 2 aromatic carbocycles. The highest BCUT2D eigenvalue weighted by molar-refractivity contribution is 5.78. The molecule has 0 aromatic heterocycles. The Kier molecular flexibility index (Phi) is 5.88. The minimum Gasteiger partial charge on any atom is -0.348 e. The van der Waals surface area contributed by atoms with Gasteiger partial charge in [-0.05, 0) is 49.7 Å². The maximum absolute atomic E-state index is 12.9. The van der Waals surface area contributed by atoms with Crippen LogP contribution in [0, 0.1) is 12.7 Å². The molecular weight excluding hydrogens is 291 g/mol. The first-order valence-corrected chi connectivity index (χ1v) is 7.73. The molecule has 1 N–H and O–H groups in total. The van der Waals surface area contributed by atoms with E-state index in [2.05, 4.69) is 24.4 Å². The predicted molar refractivity (Wildman–Crippen MR) is 90.5 cm³/mol. The van der Waals surface area contributed by atoms with Crippen molar-refractivity contribution in [2.75, 3.05) is 13.6 Å². The van der Waals surface area contributed by atoms with Gasteiger partial charge in [0.05, 0.1) is 12.6 Å². The van der Waals surface area contributed by atoms with E-state index in [1.54, 1.807) is 12.1 Å². The molecule has 23 heavy (non-hydrogen) atoms. The summed E-state index contributed by atoms with van der Waals surface area (Å²) in [5, 5.41) is 2.94. The average molecular weight is 314 g/mol. The topological polar surface area (TPSA) is 32.3 Å². The van der Waals surface area contributed by atoms with Gasteiger partial charge in [-0.15, -0.1) is 0 Å². The second-order valence-electron chi connectivity index (χ2n) is 5.94. The monoisotopic (exact) mass is 314 g/mol. The second-order valence-corrected chi connectivity index (χ2v) is 5.94. The van der Waals surface area contributed by atoms with E-state index in [-0.39, 0.29) is 17.8 Å². The molecule has 0 fully saturated rings. The van der Waals surface area contributed by atoms with Crippen molar-refractivity contribution in [3.05, 3.63) is 71.0 Å². The quantitative estimate of drug-likeness (QED) is 0.886. The standard InChI is InChI=1S/C19H23FN2O/c1-14-6-4-5-7-17(14)12-22(3)13-19(23)21-15(2)16-8-10-18(20)11-9-16/h4-11,15H,12-13H2,1-3H3,(H,21,23). The van der Waals surface area contributed by atoms with Crippen LogP contribution in [0.25, 0.3) is 0 Å². The third kappa shape index (κ3) is 5.18. The Labute approximate surface area is 137 Å². The van der Waals surface area contributed by atoms with Crippen molar-refractivity contribution in [3.8, 4) is 0 Å². The van der Waals surface area contributed by atoms with Crippen molar-refractivity contribution in [1.82, 2.24) is 10.2 Å². The SMILES string of the molecule is Cc1ccccc1CN(C)CC(=O)NC(C)c1ccc(F)cc1. The first-order valence-electron chi connectivity index (χ1n) is 7.73. The van der Waals surface area contributed by atoms with Gasteiger partial charge in [-0.25, -0.2) is 4.39 Å². The summed E-state index contributed by atoms with van der Waals surface area (Å²) in [4.78, 5) is 14.1. The van der Waals surface area contributed by atoms with Crippen molar-refractivity contribution >= 4 is 5.91 Å². The van der Waals surface area contributed by atoms with Crippen molar-refractivity contribution < 1.29 is 9.18 Å². The van der Waals surface area contributed by atoms with Crippen molar-refractivity contribution in [1.29, 1.82) is 0 Å². The van der Waals surface area contributed by atoms with Gasteiger partial charge in [0.25, 0.3) is 0 Å². The number of amides is 1. The maximum Gasteiger partial charge on any atom is 0.234 e. The number of aryl methyl sites for hydroxylation is 1. The van der Waals surface area contributed by atoms with Crippen LogP contribution in [0.5, 0.6) is 0 Å². The fourth-order valence-electron chi connectivity index (χ4n) is 2.50. The first-order chi connectivity index (χ1) is 11.0. The summed E-state index contributed by atoms with van der Waals surface area (Å²) in [5.41, 5.74) is 3.33. The predicted octanol–water partition coefficient (Wildman–Crippen LogP) is 3.44. The number of rotatable bonds is 6. The number of carbonyl (C=O) groups is 1. The van der Waals surface area contributed by atoms with Crippen LogP contribution in [-0.4, -0.2) is 24.4 Å². The Morgan fingerprint density at radius 2 is 1.83 bits per heavy atom. The summed E-state index contributed by atoms with van der Waals surface area (Å²) < 4.78 is 12.9. The normalized spacial score (nSPS) is 12.2. The van der Waals surface area contributed by atoms with Crippen molar-refractivity contribution in [3.63, 3.8) is 0 Å². The summed E-state index contributed by atoms with van der Waals surface area (Å²) in [6.07, 6.45) is 0. The smallest absolute Gasteiger partial charge is 0.234 e. The molecule has 3 nitrogen and oxygen atoms in total. The van der Waals surface area contributed by atoms with Crippen LogP contribution >= 0.6 is 0 Å². The number of nitrogens with one attached hydrogen (secondary N) is 1. The van der Waals surface area contributed by atoms with E-state index in [4.69, 9.17) is 0 Å². The summed E-state index contributed by atoms with van der Waals surface area (Å²) in [5.74, 6) is -0.317. The average Bonchev–Trinajstić information content (AvgIpc) is 2.50. The fourth-order valence-corrected chi connectivity index (χ4v) is 2.50. The summed E-state index contributed by atoms with van der Waals surface area (Å²) in [6.45, 7) is 5.01. The highest BCUT2D eigenvalue weighted by atomic mass is 19.1. The molecule has 1 unspecified atom stereocenters. The number of hydrogen-bond acceptors (Lipinski definition) is 2. The zero-order valence-electron chi connectivity index (χ0n) is 13.8. The molecule has 2 rings (SSSR count).